The van der Waals surface area contributed by atoms with Gasteiger partial charge in [-0.2, -0.15) is 0 Å². The van der Waals surface area contributed by atoms with E-state index >= 15 is 0 Å². The molecule has 3 aromatic rings. The molecule has 1 fully saturated rings. The number of nitrogens with one attached hydrogen (secondary N) is 1. The van der Waals surface area contributed by atoms with E-state index in [0.717, 1.165) is 12.0 Å². The van der Waals surface area contributed by atoms with E-state index in [1.54, 1.807) is 12.1 Å². The van der Waals surface area contributed by atoms with Gasteiger partial charge in [0.1, 0.15) is 11.3 Å². The number of fused-ring (bicyclic) bond motifs is 5. The standard InChI is InChI=1S/C22H18N2O7/c1-29-21(25)12-4-2-11(3-5-12)18-14-8-9-30-20(14)17-15-10-13(24(27)28)6-7-16(15)31-22(26)19(17)23-18/h2-7,10,14,18,20,23H,8-9H2,1H3/t14-,18-,20-/m0/s1. The zero-order chi connectivity index (χ0) is 21.7. The number of benzene rings is 2. The van der Waals surface area contributed by atoms with Gasteiger partial charge in [0.05, 0.1) is 29.7 Å². The Labute approximate surface area is 175 Å². The normalized spacial score (nSPS) is 21.8. The number of carbonyl (C=O) groups excluding carboxylic acids is 1. The highest BCUT2D eigenvalue weighted by molar-refractivity contribution is 5.89. The Morgan fingerprint density at radius 2 is 2.00 bits per heavy atom. The lowest BCUT2D eigenvalue weighted by Crippen LogP contribution is -2.32. The molecule has 0 spiro atoms. The smallest absolute Gasteiger partial charge is 0.360 e. The fraction of sp³-hybridized carbons (Fsp3) is 0.273. The Morgan fingerprint density at radius 3 is 2.71 bits per heavy atom. The molecule has 2 aliphatic heterocycles. The van der Waals surface area contributed by atoms with Gasteiger partial charge in [-0.3, -0.25) is 10.1 Å². The first kappa shape index (κ1) is 19.3. The first-order valence-corrected chi connectivity index (χ1v) is 9.79. The number of esters is 1. The third-order valence-electron chi connectivity index (χ3n) is 5.98. The molecular formula is C22H18N2O7. The van der Waals surface area contributed by atoms with Crippen LogP contribution in [0.2, 0.25) is 0 Å². The predicted octanol–water partition coefficient (Wildman–Crippen LogP) is 3.73. The van der Waals surface area contributed by atoms with E-state index in [1.807, 2.05) is 12.1 Å². The van der Waals surface area contributed by atoms with Crippen LogP contribution in [0.5, 0.6) is 0 Å². The van der Waals surface area contributed by atoms with Gasteiger partial charge in [-0.25, -0.2) is 9.59 Å². The first-order chi connectivity index (χ1) is 15.0. The fourth-order valence-corrected chi connectivity index (χ4v) is 4.54. The molecular weight excluding hydrogens is 404 g/mol. The summed E-state index contributed by atoms with van der Waals surface area (Å²) in [5.41, 5.74) is 1.81. The van der Waals surface area contributed by atoms with Crippen molar-refractivity contribution in [2.75, 3.05) is 19.0 Å². The van der Waals surface area contributed by atoms with Crippen molar-refractivity contribution in [2.45, 2.75) is 18.6 Å². The number of nitro benzene ring substituents is 1. The molecule has 0 amide bonds. The van der Waals surface area contributed by atoms with E-state index in [1.165, 1.54) is 25.3 Å². The van der Waals surface area contributed by atoms with Crippen molar-refractivity contribution in [2.24, 2.45) is 5.92 Å². The molecule has 5 rings (SSSR count). The van der Waals surface area contributed by atoms with E-state index in [-0.39, 0.29) is 28.9 Å². The highest BCUT2D eigenvalue weighted by Crippen LogP contribution is 2.51. The molecule has 1 saturated heterocycles. The second-order valence-electron chi connectivity index (χ2n) is 7.60. The van der Waals surface area contributed by atoms with Crippen LogP contribution in [0, 0.1) is 16.0 Å². The van der Waals surface area contributed by atoms with E-state index in [0.29, 0.717) is 23.1 Å². The van der Waals surface area contributed by atoms with Crippen molar-refractivity contribution in [3.63, 3.8) is 0 Å². The van der Waals surface area contributed by atoms with Gasteiger partial charge in [-0.05, 0) is 30.2 Å². The van der Waals surface area contributed by atoms with Crippen molar-refractivity contribution < 1.29 is 23.6 Å². The second-order valence-corrected chi connectivity index (χ2v) is 7.60. The molecule has 2 aliphatic rings. The number of hydrogen-bond donors (Lipinski definition) is 1. The highest BCUT2D eigenvalue weighted by atomic mass is 16.6. The van der Waals surface area contributed by atoms with Gasteiger partial charge in [0.15, 0.2) is 0 Å². The van der Waals surface area contributed by atoms with Crippen LogP contribution >= 0.6 is 0 Å². The van der Waals surface area contributed by atoms with Gasteiger partial charge < -0.3 is 19.2 Å². The summed E-state index contributed by atoms with van der Waals surface area (Å²) in [5, 5.41) is 15.1. The van der Waals surface area contributed by atoms with Crippen LogP contribution in [0.3, 0.4) is 0 Å². The molecule has 0 unspecified atom stereocenters. The van der Waals surface area contributed by atoms with E-state index in [9.17, 15) is 19.7 Å². The third-order valence-corrected chi connectivity index (χ3v) is 5.98. The maximum absolute atomic E-state index is 12.8. The number of anilines is 1. The minimum absolute atomic E-state index is 0.000684. The summed E-state index contributed by atoms with van der Waals surface area (Å²) in [4.78, 5) is 35.3. The second kappa shape index (κ2) is 7.21. The maximum Gasteiger partial charge on any atom is 0.360 e. The summed E-state index contributed by atoms with van der Waals surface area (Å²) in [6.07, 6.45) is 0.340. The summed E-state index contributed by atoms with van der Waals surface area (Å²) in [5.74, 6) is -0.426. The lowest BCUT2D eigenvalue weighted by atomic mass is 9.80. The molecule has 1 aromatic heterocycles. The number of rotatable bonds is 3. The van der Waals surface area contributed by atoms with Gasteiger partial charge in [0.25, 0.3) is 5.69 Å². The lowest BCUT2D eigenvalue weighted by Gasteiger charge is -2.36. The number of hydrogen-bond acceptors (Lipinski definition) is 8. The largest absolute Gasteiger partial charge is 0.465 e. The van der Waals surface area contributed by atoms with Crippen LogP contribution < -0.4 is 10.9 Å². The zero-order valence-corrected chi connectivity index (χ0v) is 16.5. The van der Waals surface area contributed by atoms with Crippen molar-refractivity contribution in [3.05, 3.63) is 79.7 Å². The van der Waals surface area contributed by atoms with Crippen LogP contribution in [0.15, 0.2) is 51.7 Å². The number of carbonyl (C=O) groups is 1. The molecule has 9 heteroatoms. The summed E-state index contributed by atoms with van der Waals surface area (Å²) >= 11 is 0. The Bertz CT molecular complexity index is 1270. The molecule has 0 bridgehead atoms. The molecule has 0 saturated carbocycles. The summed E-state index contributed by atoms with van der Waals surface area (Å²) in [6.45, 7) is 0.504. The fourth-order valence-electron chi connectivity index (χ4n) is 4.54. The topological polar surface area (TPSA) is 121 Å². The van der Waals surface area contributed by atoms with Gasteiger partial charge in [0.2, 0.25) is 0 Å². The highest BCUT2D eigenvalue weighted by Gasteiger charge is 2.44. The van der Waals surface area contributed by atoms with Crippen LogP contribution in [0.25, 0.3) is 11.0 Å². The van der Waals surface area contributed by atoms with Gasteiger partial charge >= 0.3 is 11.6 Å². The molecule has 0 aliphatic carbocycles. The van der Waals surface area contributed by atoms with Crippen LogP contribution in [0.4, 0.5) is 11.4 Å². The Balaban J connectivity index is 1.64. The molecule has 158 valence electrons. The average molecular weight is 422 g/mol. The zero-order valence-electron chi connectivity index (χ0n) is 16.5. The van der Waals surface area contributed by atoms with Crippen molar-refractivity contribution in [1.29, 1.82) is 0 Å². The minimum atomic E-state index is -0.554. The number of nitrogens with zero attached hydrogens (tertiary/aromatic N) is 1. The molecule has 3 atom stereocenters. The lowest BCUT2D eigenvalue weighted by molar-refractivity contribution is -0.384. The monoisotopic (exact) mass is 422 g/mol. The predicted molar refractivity (Wildman–Crippen MR) is 110 cm³/mol. The Morgan fingerprint density at radius 1 is 1.23 bits per heavy atom. The van der Waals surface area contributed by atoms with E-state index in [4.69, 9.17) is 13.9 Å². The third kappa shape index (κ3) is 3.05. The van der Waals surface area contributed by atoms with Crippen molar-refractivity contribution >= 4 is 28.3 Å². The first-order valence-electron chi connectivity index (χ1n) is 9.79. The molecule has 31 heavy (non-hydrogen) atoms. The Kier molecular flexibility index (Phi) is 4.48. The van der Waals surface area contributed by atoms with Crippen molar-refractivity contribution in [3.8, 4) is 0 Å². The molecule has 1 N–H and O–H groups in total. The van der Waals surface area contributed by atoms with Crippen LogP contribution in [-0.2, 0) is 9.47 Å². The number of nitro groups is 1. The minimum Gasteiger partial charge on any atom is -0.465 e. The molecule has 3 heterocycles. The Hall–Kier alpha value is -3.72. The molecule has 2 aromatic carbocycles. The van der Waals surface area contributed by atoms with Gasteiger partial charge in [-0.15, -0.1) is 0 Å². The summed E-state index contributed by atoms with van der Waals surface area (Å²) in [7, 11) is 1.32. The SMILES string of the molecule is COC(=O)c1ccc([C@@H]2Nc3c(c4cc([N+](=O)[O-])ccc4oc3=O)[C@H]3OCC[C@H]32)cc1. The maximum atomic E-state index is 12.8. The number of methoxy groups -OCH3 is 1. The molecule has 9 nitrogen and oxygen atoms in total. The average Bonchev–Trinajstić information content (AvgIpc) is 3.27. The number of ether oxygens (including phenoxy) is 2. The van der Waals surface area contributed by atoms with Gasteiger partial charge in [0, 0.05) is 35.6 Å². The van der Waals surface area contributed by atoms with Crippen LogP contribution in [0.1, 0.15) is 40.1 Å². The summed E-state index contributed by atoms with van der Waals surface area (Å²) in [6, 6.07) is 10.9. The summed E-state index contributed by atoms with van der Waals surface area (Å²) < 4.78 is 16.2. The molecule has 0 radical (unpaired) electrons. The van der Waals surface area contributed by atoms with Crippen molar-refractivity contribution in [1.82, 2.24) is 0 Å². The number of non-ortho nitro benzene ring substituents is 1. The van der Waals surface area contributed by atoms with E-state index < -0.39 is 22.6 Å². The van der Waals surface area contributed by atoms with E-state index in [2.05, 4.69) is 5.32 Å². The quantitative estimate of drug-likeness (QED) is 0.293. The van der Waals surface area contributed by atoms with Gasteiger partial charge in [-0.1, -0.05) is 12.1 Å². The van der Waals surface area contributed by atoms with Crippen LogP contribution in [-0.4, -0.2) is 24.6 Å².